The van der Waals surface area contributed by atoms with Gasteiger partial charge < -0.3 is 9.80 Å². The summed E-state index contributed by atoms with van der Waals surface area (Å²) in [6.45, 7) is 4.31. The summed E-state index contributed by atoms with van der Waals surface area (Å²) in [4.78, 5) is 13.5. The number of likely N-dealkylation sites (N-methyl/N-ethyl adjacent to an activating group) is 1. The van der Waals surface area contributed by atoms with Gasteiger partial charge in [-0.05, 0) is 25.2 Å². The molecule has 0 bridgehead atoms. The minimum absolute atomic E-state index is 0.803. The van der Waals surface area contributed by atoms with Gasteiger partial charge in [0.15, 0.2) is 5.82 Å². The van der Waals surface area contributed by atoms with Crippen molar-refractivity contribution in [2.75, 3.05) is 38.1 Å². The number of aromatic nitrogens is 2. The van der Waals surface area contributed by atoms with Crippen LogP contribution in [0.1, 0.15) is 0 Å². The van der Waals surface area contributed by atoms with Crippen LogP contribution in [-0.4, -0.2) is 48.1 Å². The smallest absolute Gasteiger partial charge is 0.161 e. The fourth-order valence-electron chi connectivity index (χ4n) is 2.42. The van der Waals surface area contributed by atoms with Crippen LogP contribution in [0.5, 0.6) is 0 Å². The molecule has 19 heavy (non-hydrogen) atoms. The zero-order valence-corrected chi connectivity index (χ0v) is 11.2. The molecule has 1 aromatic carbocycles. The van der Waals surface area contributed by atoms with Crippen LogP contribution in [0.4, 0.5) is 5.69 Å². The van der Waals surface area contributed by atoms with E-state index in [1.807, 2.05) is 12.1 Å². The van der Waals surface area contributed by atoms with E-state index in [-0.39, 0.29) is 0 Å². The molecule has 1 aliphatic rings. The lowest BCUT2D eigenvalue weighted by Gasteiger charge is -2.35. The molecule has 1 aliphatic heterocycles. The lowest BCUT2D eigenvalue weighted by Crippen LogP contribution is -2.44. The molecule has 0 radical (unpaired) electrons. The van der Waals surface area contributed by atoms with Gasteiger partial charge in [0, 0.05) is 49.8 Å². The third-order valence-corrected chi connectivity index (χ3v) is 3.55. The van der Waals surface area contributed by atoms with E-state index < -0.39 is 0 Å². The van der Waals surface area contributed by atoms with E-state index in [9.17, 15) is 0 Å². The molecule has 4 nitrogen and oxygen atoms in total. The number of hydrogen-bond donors (Lipinski definition) is 0. The van der Waals surface area contributed by atoms with Gasteiger partial charge in [-0.15, -0.1) is 0 Å². The first kappa shape index (κ1) is 12.1. The molecule has 1 saturated heterocycles. The van der Waals surface area contributed by atoms with Gasteiger partial charge in [-0.25, -0.2) is 9.97 Å². The van der Waals surface area contributed by atoms with E-state index in [2.05, 4.69) is 45.0 Å². The number of hydrogen-bond acceptors (Lipinski definition) is 4. The lowest BCUT2D eigenvalue weighted by atomic mass is 10.1. The van der Waals surface area contributed by atoms with Gasteiger partial charge >= 0.3 is 0 Å². The van der Waals surface area contributed by atoms with Crippen LogP contribution in [0, 0.1) is 0 Å². The summed E-state index contributed by atoms with van der Waals surface area (Å²) >= 11 is 0. The summed E-state index contributed by atoms with van der Waals surface area (Å²) in [5.41, 5.74) is 2.36. The van der Waals surface area contributed by atoms with Gasteiger partial charge in [0.25, 0.3) is 0 Å². The summed E-state index contributed by atoms with van der Waals surface area (Å²) < 4.78 is 0. The highest BCUT2D eigenvalue weighted by atomic mass is 15.2. The summed E-state index contributed by atoms with van der Waals surface area (Å²) in [7, 11) is 2.17. The molecule has 0 amide bonds. The van der Waals surface area contributed by atoms with Crippen molar-refractivity contribution < 1.29 is 0 Å². The van der Waals surface area contributed by atoms with Crippen molar-refractivity contribution in [1.82, 2.24) is 14.9 Å². The molecule has 98 valence electrons. The zero-order chi connectivity index (χ0) is 13.1. The van der Waals surface area contributed by atoms with Crippen LogP contribution in [0.25, 0.3) is 11.4 Å². The molecule has 0 atom stereocenters. The van der Waals surface area contributed by atoms with E-state index in [0.29, 0.717) is 0 Å². The molecule has 1 fully saturated rings. The largest absolute Gasteiger partial charge is 0.368 e. The van der Waals surface area contributed by atoms with E-state index in [4.69, 9.17) is 0 Å². The highest BCUT2D eigenvalue weighted by Gasteiger charge is 2.17. The molecule has 2 heterocycles. The van der Waals surface area contributed by atoms with E-state index >= 15 is 0 Å². The molecule has 1 aromatic heterocycles. The van der Waals surface area contributed by atoms with Gasteiger partial charge in [-0.2, -0.15) is 0 Å². The Morgan fingerprint density at radius 1 is 0.895 bits per heavy atom. The lowest BCUT2D eigenvalue weighted by molar-refractivity contribution is 0.313. The molecule has 2 aromatic rings. The maximum atomic E-state index is 4.37. The second kappa shape index (κ2) is 5.36. The Kier molecular flexibility index (Phi) is 3.42. The van der Waals surface area contributed by atoms with Crippen LogP contribution in [0.2, 0.25) is 0 Å². The Morgan fingerprint density at radius 2 is 1.58 bits per heavy atom. The van der Waals surface area contributed by atoms with Crippen molar-refractivity contribution in [1.29, 1.82) is 0 Å². The SMILES string of the molecule is CN1CCN(c2ccccc2-c2ncccn2)CC1. The second-order valence-electron chi connectivity index (χ2n) is 4.88. The minimum Gasteiger partial charge on any atom is -0.368 e. The van der Waals surface area contributed by atoms with Crippen molar-refractivity contribution in [3.63, 3.8) is 0 Å². The Balaban J connectivity index is 1.94. The molecular formula is C15H18N4. The summed E-state index contributed by atoms with van der Waals surface area (Å²) in [6.07, 6.45) is 3.59. The fraction of sp³-hybridized carbons (Fsp3) is 0.333. The highest BCUT2D eigenvalue weighted by molar-refractivity contribution is 5.74. The average Bonchev–Trinajstić information content (AvgIpc) is 2.49. The minimum atomic E-state index is 0.803. The molecule has 0 N–H and O–H groups in total. The van der Waals surface area contributed by atoms with Crippen molar-refractivity contribution in [3.8, 4) is 11.4 Å². The van der Waals surface area contributed by atoms with Crippen LogP contribution in [0.15, 0.2) is 42.7 Å². The van der Waals surface area contributed by atoms with Crippen LogP contribution in [-0.2, 0) is 0 Å². The predicted octanol–water partition coefficient (Wildman–Crippen LogP) is 1.90. The molecule has 4 heteroatoms. The molecule has 3 rings (SSSR count). The average molecular weight is 254 g/mol. The molecular weight excluding hydrogens is 236 g/mol. The summed E-state index contributed by atoms with van der Waals surface area (Å²) in [5, 5.41) is 0. The van der Waals surface area contributed by atoms with Gasteiger partial charge in [0.05, 0.1) is 0 Å². The standard InChI is InChI=1S/C15H18N4/c1-18-9-11-19(12-10-18)14-6-3-2-5-13(14)15-16-7-4-8-17-15/h2-8H,9-12H2,1H3. The summed E-state index contributed by atoms with van der Waals surface area (Å²) in [5.74, 6) is 0.803. The van der Waals surface area contributed by atoms with E-state index in [0.717, 1.165) is 37.6 Å². The Morgan fingerprint density at radius 3 is 2.32 bits per heavy atom. The Hall–Kier alpha value is -1.94. The third kappa shape index (κ3) is 2.58. The number of nitrogens with zero attached hydrogens (tertiary/aromatic N) is 4. The fourth-order valence-corrected chi connectivity index (χ4v) is 2.42. The van der Waals surface area contributed by atoms with Crippen molar-refractivity contribution in [2.45, 2.75) is 0 Å². The molecule has 0 unspecified atom stereocenters. The van der Waals surface area contributed by atoms with Crippen molar-refractivity contribution >= 4 is 5.69 Å². The third-order valence-electron chi connectivity index (χ3n) is 3.55. The molecule has 0 aliphatic carbocycles. The number of benzene rings is 1. The number of para-hydroxylation sites is 1. The zero-order valence-electron chi connectivity index (χ0n) is 11.2. The van der Waals surface area contributed by atoms with Crippen LogP contribution < -0.4 is 4.90 Å². The van der Waals surface area contributed by atoms with E-state index in [1.165, 1.54) is 5.69 Å². The molecule has 0 saturated carbocycles. The second-order valence-corrected chi connectivity index (χ2v) is 4.88. The first-order valence-corrected chi connectivity index (χ1v) is 6.64. The molecule has 0 spiro atoms. The van der Waals surface area contributed by atoms with Crippen LogP contribution >= 0.6 is 0 Å². The summed E-state index contributed by atoms with van der Waals surface area (Å²) in [6, 6.07) is 10.2. The van der Waals surface area contributed by atoms with Crippen molar-refractivity contribution in [2.24, 2.45) is 0 Å². The maximum Gasteiger partial charge on any atom is 0.161 e. The number of anilines is 1. The van der Waals surface area contributed by atoms with E-state index in [1.54, 1.807) is 12.4 Å². The topological polar surface area (TPSA) is 32.3 Å². The van der Waals surface area contributed by atoms with Crippen molar-refractivity contribution in [3.05, 3.63) is 42.7 Å². The van der Waals surface area contributed by atoms with Gasteiger partial charge in [0.2, 0.25) is 0 Å². The van der Waals surface area contributed by atoms with Crippen LogP contribution in [0.3, 0.4) is 0 Å². The quantitative estimate of drug-likeness (QED) is 0.819. The van der Waals surface area contributed by atoms with Gasteiger partial charge in [-0.3, -0.25) is 0 Å². The van der Waals surface area contributed by atoms with Gasteiger partial charge in [0.1, 0.15) is 0 Å². The number of piperazine rings is 1. The normalized spacial score (nSPS) is 16.6. The first-order valence-electron chi connectivity index (χ1n) is 6.64. The number of rotatable bonds is 2. The monoisotopic (exact) mass is 254 g/mol. The Bertz CT molecular complexity index is 533. The van der Waals surface area contributed by atoms with Gasteiger partial charge in [-0.1, -0.05) is 12.1 Å². The predicted molar refractivity (Wildman–Crippen MR) is 77.2 cm³/mol. The Labute approximate surface area is 113 Å². The maximum absolute atomic E-state index is 4.37. The first-order chi connectivity index (χ1) is 9.34. The highest BCUT2D eigenvalue weighted by Crippen LogP contribution is 2.28.